The largest absolute Gasteiger partial charge is 0.869 e. The molecule has 5 heteroatoms. The number of hydrogen-bond acceptors (Lipinski definition) is 2. The van der Waals surface area contributed by atoms with Crippen molar-refractivity contribution in [3.05, 3.63) is 113 Å². The first-order valence-electron chi connectivity index (χ1n) is 11.2. The molecule has 0 N–H and O–H groups in total. The molecule has 0 bridgehead atoms. The smallest absolute Gasteiger partial charge is 0.256 e. The second-order valence-electron chi connectivity index (χ2n) is 8.09. The summed E-state index contributed by atoms with van der Waals surface area (Å²) in [6, 6.07) is 27.5. The zero-order valence-electron chi connectivity index (χ0n) is 18.4. The van der Waals surface area contributed by atoms with Gasteiger partial charge in [0.15, 0.2) is 0 Å². The number of aryl methyl sites for hydroxylation is 1. The van der Waals surface area contributed by atoms with Crippen molar-refractivity contribution in [1.82, 2.24) is 9.73 Å². The molecule has 0 unspecified atom stereocenters. The second kappa shape index (κ2) is 8.87. The van der Waals surface area contributed by atoms with Crippen LogP contribution in [0.2, 0.25) is 0 Å². The minimum atomic E-state index is -0.286. The zero-order valence-corrected chi connectivity index (χ0v) is 18.4. The third-order valence-electron chi connectivity index (χ3n) is 5.84. The van der Waals surface area contributed by atoms with Crippen molar-refractivity contribution in [2.24, 2.45) is 0 Å². The van der Waals surface area contributed by atoms with Gasteiger partial charge in [0.2, 0.25) is 5.35 Å². The molecule has 3 aromatic carbocycles. The molecular formula is C28H24FN3O. The first-order valence-corrected chi connectivity index (χ1v) is 11.2. The maximum absolute atomic E-state index is 13.8. The van der Waals surface area contributed by atoms with Gasteiger partial charge in [-0.15, -0.1) is 4.52 Å². The molecule has 0 amide bonds. The lowest BCUT2D eigenvalue weighted by Gasteiger charge is -2.09. The van der Waals surface area contributed by atoms with Crippen molar-refractivity contribution in [3.8, 4) is 22.5 Å². The van der Waals surface area contributed by atoms with Gasteiger partial charge in [-0.2, -0.15) is 0 Å². The number of fused-ring (bicyclic) bond motifs is 1. The lowest BCUT2D eigenvalue weighted by atomic mass is 10.1. The van der Waals surface area contributed by atoms with Gasteiger partial charge in [-0.05, 0) is 46.6 Å². The van der Waals surface area contributed by atoms with E-state index in [2.05, 4.69) is 13.0 Å². The highest BCUT2D eigenvalue weighted by molar-refractivity contribution is 5.66. The van der Waals surface area contributed by atoms with Gasteiger partial charge in [-0.3, -0.25) is 0 Å². The van der Waals surface area contributed by atoms with Crippen molar-refractivity contribution in [1.29, 1.82) is 0 Å². The second-order valence-corrected chi connectivity index (χ2v) is 8.09. The average Bonchev–Trinajstić information content (AvgIpc) is 3.42. The molecule has 5 rings (SSSR count). The molecule has 0 aliphatic carbocycles. The Morgan fingerprint density at radius 1 is 0.909 bits per heavy atom. The Bertz CT molecular complexity index is 1440. The number of nitrogens with zero attached hydrogens (tertiary/aromatic N) is 3. The van der Waals surface area contributed by atoms with Crippen molar-refractivity contribution in [2.75, 3.05) is 0 Å². The van der Waals surface area contributed by atoms with Crippen molar-refractivity contribution in [2.45, 2.75) is 26.2 Å². The maximum Gasteiger partial charge on any atom is 0.256 e. The van der Waals surface area contributed by atoms with Gasteiger partial charge in [0.25, 0.3) is 5.69 Å². The van der Waals surface area contributed by atoms with Gasteiger partial charge < -0.3 is 5.11 Å². The highest BCUT2D eigenvalue weighted by Gasteiger charge is 2.26. The van der Waals surface area contributed by atoms with E-state index < -0.39 is 0 Å². The summed E-state index contributed by atoms with van der Waals surface area (Å²) in [4.78, 5) is 0. The van der Waals surface area contributed by atoms with Crippen LogP contribution in [0, 0.1) is 5.82 Å². The van der Waals surface area contributed by atoms with E-state index in [4.69, 9.17) is 5.10 Å². The molecule has 2 aromatic heterocycles. The summed E-state index contributed by atoms with van der Waals surface area (Å²) < 4.78 is 17.3. The molecule has 5 aromatic rings. The Hall–Kier alpha value is -3.99. The van der Waals surface area contributed by atoms with Crippen LogP contribution in [0.1, 0.15) is 31.0 Å². The Morgan fingerprint density at radius 2 is 1.58 bits per heavy atom. The van der Waals surface area contributed by atoms with E-state index in [0.717, 1.165) is 41.8 Å². The number of hydrogen-bond donors (Lipinski definition) is 0. The molecule has 0 aliphatic rings. The molecule has 2 heterocycles. The van der Waals surface area contributed by atoms with E-state index in [1.807, 2.05) is 65.2 Å². The highest BCUT2D eigenvalue weighted by atomic mass is 19.1. The van der Waals surface area contributed by atoms with Gasteiger partial charge in [0.1, 0.15) is 17.2 Å². The van der Waals surface area contributed by atoms with Crippen molar-refractivity contribution in [3.63, 3.8) is 0 Å². The summed E-state index contributed by atoms with van der Waals surface area (Å²) in [5, 5.41) is 19.3. The molecule has 0 aliphatic heterocycles. The minimum absolute atomic E-state index is 0.0801. The monoisotopic (exact) mass is 437 g/mol. The number of unbranched alkanes of at least 4 members (excludes halogenated alkanes) is 1. The fourth-order valence-corrected chi connectivity index (χ4v) is 4.16. The fraction of sp³-hybridized carbons (Fsp3) is 0.143. The average molecular weight is 438 g/mol. The Balaban J connectivity index is 1.89. The normalized spacial score (nSPS) is 12.3. The molecule has 0 atom stereocenters. The molecular weight excluding hydrogens is 413 g/mol. The lowest BCUT2D eigenvalue weighted by molar-refractivity contribution is -0.639. The van der Waals surface area contributed by atoms with E-state index in [-0.39, 0.29) is 11.6 Å². The molecule has 4 nitrogen and oxygen atoms in total. The molecule has 164 valence electrons. The van der Waals surface area contributed by atoms with Crippen molar-refractivity contribution < 1.29 is 14.0 Å². The van der Waals surface area contributed by atoms with Gasteiger partial charge in [0, 0.05) is 23.6 Å². The zero-order chi connectivity index (χ0) is 22.8. The molecule has 0 saturated heterocycles. The molecule has 0 radical (unpaired) electrons. The Morgan fingerprint density at radius 3 is 2.24 bits per heavy atom. The minimum Gasteiger partial charge on any atom is -0.869 e. The maximum atomic E-state index is 13.8. The predicted octanol–water partition coefficient (Wildman–Crippen LogP) is 3.97. The number of aromatic nitrogens is 3. The van der Waals surface area contributed by atoms with Crippen LogP contribution >= 0.6 is 0 Å². The third-order valence-corrected chi connectivity index (χ3v) is 5.84. The van der Waals surface area contributed by atoms with E-state index in [1.54, 1.807) is 16.8 Å². The van der Waals surface area contributed by atoms with Crippen LogP contribution in [0.3, 0.4) is 0 Å². The summed E-state index contributed by atoms with van der Waals surface area (Å²) in [6.07, 6.45) is 2.83. The van der Waals surface area contributed by atoms with Crippen LogP contribution in [0.15, 0.2) is 91.0 Å². The first-order chi connectivity index (χ1) is 16.2. The summed E-state index contributed by atoms with van der Waals surface area (Å²) in [5.74, 6) is -0.366. The standard InChI is InChI=1S/C28H24FN3O/c1-2-3-14-24-19-25(20-15-17-23(29)18-16-20)32-30-26(21-10-6-4-7-11-21)27(31(24)32)28(33)22-12-8-5-9-13-22/h4-13,15-19H,2-3,14H2,1H3. The highest BCUT2D eigenvalue weighted by Crippen LogP contribution is 2.22. The van der Waals surface area contributed by atoms with E-state index in [1.165, 1.54) is 12.1 Å². The molecule has 33 heavy (non-hydrogen) atoms. The van der Waals surface area contributed by atoms with Gasteiger partial charge >= 0.3 is 0 Å². The fourth-order valence-electron chi connectivity index (χ4n) is 4.16. The van der Waals surface area contributed by atoms with Gasteiger partial charge in [0.05, 0.1) is 5.10 Å². The molecule has 0 saturated carbocycles. The number of halogens is 1. The van der Waals surface area contributed by atoms with Crippen LogP contribution in [0.4, 0.5) is 4.39 Å². The van der Waals surface area contributed by atoms with E-state index >= 15 is 0 Å². The molecule has 0 spiro atoms. The summed E-state index contributed by atoms with van der Waals surface area (Å²) in [7, 11) is 0. The first kappa shape index (κ1) is 20.9. The van der Waals surface area contributed by atoms with Crippen LogP contribution < -0.4 is 15.0 Å². The summed E-state index contributed by atoms with van der Waals surface area (Å²) in [6.45, 7) is 2.15. The lowest BCUT2D eigenvalue weighted by Crippen LogP contribution is -2.47. The quantitative estimate of drug-likeness (QED) is 0.377. The van der Waals surface area contributed by atoms with Crippen LogP contribution in [0.25, 0.3) is 28.3 Å². The van der Waals surface area contributed by atoms with Gasteiger partial charge in [-0.25, -0.2) is 4.39 Å². The number of rotatable bonds is 6. The molecule has 0 fully saturated rings. The van der Waals surface area contributed by atoms with Crippen LogP contribution in [-0.2, 0) is 6.42 Å². The Labute approximate surface area is 191 Å². The van der Waals surface area contributed by atoms with E-state index in [9.17, 15) is 9.50 Å². The SMILES string of the molecule is CCCCc1cc(-c2ccc(F)cc2)n2nc(-c3ccccc3)/c(=C(\[O-])c3ccccc3)[n+]12. The van der Waals surface area contributed by atoms with E-state index in [0.29, 0.717) is 16.6 Å². The van der Waals surface area contributed by atoms with Crippen LogP contribution in [0.5, 0.6) is 0 Å². The third kappa shape index (κ3) is 3.87. The summed E-state index contributed by atoms with van der Waals surface area (Å²) in [5.41, 5.74) is 4.79. The summed E-state index contributed by atoms with van der Waals surface area (Å²) >= 11 is 0. The van der Waals surface area contributed by atoms with Crippen molar-refractivity contribution >= 4 is 5.76 Å². The van der Waals surface area contributed by atoms with Crippen LogP contribution in [-0.4, -0.2) is 9.73 Å². The number of benzene rings is 3. The Kier molecular flexibility index (Phi) is 5.61. The predicted molar refractivity (Wildman–Crippen MR) is 124 cm³/mol. The van der Waals surface area contributed by atoms with Gasteiger partial charge in [-0.1, -0.05) is 74.0 Å². The topological polar surface area (TPSA) is 44.5 Å².